The zero-order valence-corrected chi connectivity index (χ0v) is 17.6. The number of methoxy groups -OCH3 is 1. The van der Waals surface area contributed by atoms with Crippen LogP contribution in [0.25, 0.3) is 0 Å². The van der Waals surface area contributed by atoms with Crippen LogP contribution in [0.1, 0.15) is 60.3 Å². The zero-order valence-electron chi connectivity index (χ0n) is 17.6. The maximum absolute atomic E-state index is 13.1. The molecule has 2 aliphatic rings. The van der Waals surface area contributed by atoms with Gasteiger partial charge in [0.05, 0.1) is 20.1 Å². The van der Waals surface area contributed by atoms with Crippen LogP contribution < -0.4 is 0 Å². The molecule has 2 heterocycles. The molecule has 0 radical (unpaired) electrons. The number of nitrogens with zero attached hydrogens (tertiary/aromatic N) is 3. The number of hydrogen-bond acceptors (Lipinski definition) is 5. The fourth-order valence-corrected chi connectivity index (χ4v) is 4.63. The van der Waals surface area contributed by atoms with Crippen molar-refractivity contribution in [1.82, 2.24) is 14.4 Å². The molecule has 3 amide bonds. The minimum Gasteiger partial charge on any atom is -0.469 e. The Morgan fingerprint density at radius 2 is 1.79 bits per heavy atom. The molecule has 1 aliphatic heterocycles. The lowest BCUT2D eigenvalue weighted by atomic mass is 9.80. The second-order valence-corrected chi connectivity index (χ2v) is 8.01. The summed E-state index contributed by atoms with van der Waals surface area (Å²) in [6, 6.07) is 1.35. The van der Waals surface area contributed by atoms with Gasteiger partial charge in [0.2, 0.25) is 0 Å². The first kappa shape index (κ1) is 21.1. The third kappa shape index (κ3) is 3.56. The van der Waals surface area contributed by atoms with Crippen LogP contribution in [0.2, 0.25) is 0 Å². The summed E-state index contributed by atoms with van der Waals surface area (Å²) in [6.07, 6.45) is 4.39. The van der Waals surface area contributed by atoms with E-state index in [0.717, 1.165) is 35.6 Å². The summed E-state index contributed by atoms with van der Waals surface area (Å²) in [6.45, 7) is 3.81. The lowest BCUT2D eigenvalue weighted by Crippen LogP contribution is -2.49. The van der Waals surface area contributed by atoms with Gasteiger partial charge in [0.1, 0.15) is 5.54 Å². The van der Waals surface area contributed by atoms with E-state index in [1.54, 1.807) is 20.0 Å². The second-order valence-electron chi connectivity index (χ2n) is 8.01. The Kier molecular flexibility index (Phi) is 5.82. The van der Waals surface area contributed by atoms with Gasteiger partial charge in [-0.2, -0.15) is 0 Å². The number of likely N-dealkylation sites (N-methyl/N-ethyl adjacent to an activating group) is 1. The largest absolute Gasteiger partial charge is 0.469 e. The van der Waals surface area contributed by atoms with E-state index in [4.69, 9.17) is 0 Å². The fraction of sp³-hybridized carbons (Fsp3) is 0.619. The third-order valence-corrected chi connectivity index (χ3v) is 6.43. The van der Waals surface area contributed by atoms with Gasteiger partial charge >= 0.3 is 12.0 Å². The van der Waals surface area contributed by atoms with Gasteiger partial charge in [-0.1, -0.05) is 19.3 Å². The van der Waals surface area contributed by atoms with E-state index in [-0.39, 0.29) is 30.6 Å². The molecule has 1 saturated carbocycles. The number of Topliss-reactive ketones (excluding diaryl/α,β-unsaturated/α-hetero) is 1. The lowest BCUT2D eigenvalue weighted by Gasteiger charge is -2.35. The molecule has 1 aromatic heterocycles. The first-order chi connectivity index (χ1) is 13.7. The number of ether oxygens (including phenoxy) is 1. The van der Waals surface area contributed by atoms with E-state index >= 15 is 0 Å². The van der Waals surface area contributed by atoms with Crippen LogP contribution in [0.4, 0.5) is 4.79 Å². The Morgan fingerprint density at radius 1 is 1.14 bits per heavy atom. The second kappa shape index (κ2) is 8.00. The lowest BCUT2D eigenvalue weighted by molar-refractivity contribution is -0.140. The molecule has 0 atom stereocenters. The Bertz CT molecular complexity index is 851. The molecule has 1 saturated heterocycles. The van der Waals surface area contributed by atoms with Gasteiger partial charge in [0.25, 0.3) is 5.91 Å². The van der Waals surface area contributed by atoms with Crippen molar-refractivity contribution in [3.8, 4) is 0 Å². The first-order valence-electron chi connectivity index (χ1n) is 10.1. The standard InChI is InChI=1S/C21H29N3O5/c1-14-12-16(15(2)23(14)11-8-18(26)29-4)17(25)13-24-19(27)21(22(3)20(24)28)9-6-5-7-10-21/h12H,5-11,13H2,1-4H3. The molecule has 1 aromatic rings. The maximum Gasteiger partial charge on any atom is 0.327 e. The minimum atomic E-state index is -0.785. The highest BCUT2D eigenvalue weighted by atomic mass is 16.5. The van der Waals surface area contributed by atoms with Crippen molar-refractivity contribution in [2.75, 3.05) is 20.7 Å². The number of aryl methyl sites for hydroxylation is 1. The highest BCUT2D eigenvalue weighted by molar-refractivity contribution is 6.11. The van der Waals surface area contributed by atoms with Crippen LogP contribution >= 0.6 is 0 Å². The number of carbonyl (C=O) groups is 4. The van der Waals surface area contributed by atoms with Crippen molar-refractivity contribution in [2.24, 2.45) is 0 Å². The normalized spacial score (nSPS) is 18.6. The average Bonchev–Trinajstić information content (AvgIpc) is 3.09. The number of urea groups is 1. The number of aromatic nitrogens is 1. The van der Waals surface area contributed by atoms with Crippen molar-refractivity contribution in [2.45, 2.75) is 64.5 Å². The number of amides is 3. The van der Waals surface area contributed by atoms with Crippen molar-refractivity contribution in [1.29, 1.82) is 0 Å². The maximum atomic E-state index is 13.1. The van der Waals surface area contributed by atoms with Gasteiger partial charge in [-0.25, -0.2) is 4.79 Å². The summed E-state index contributed by atoms with van der Waals surface area (Å²) in [5.41, 5.74) is 1.25. The summed E-state index contributed by atoms with van der Waals surface area (Å²) in [5, 5.41) is 0. The summed E-state index contributed by atoms with van der Waals surface area (Å²) in [5.74, 6) is -0.845. The number of hydrogen-bond donors (Lipinski definition) is 0. The van der Waals surface area contributed by atoms with Crippen molar-refractivity contribution in [3.05, 3.63) is 23.0 Å². The Morgan fingerprint density at radius 3 is 2.41 bits per heavy atom. The Balaban J connectivity index is 1.77. The van der Waals surface area contributed by atoms with Crippen molar-refractivity contribution >= 4 is 23.7 Å². The van der Waals surface area contributed by atoms with Crippen LogP contribution in [-0.2, 0) is 20.9 Å². The summed E-state index contributed by atoms with van der Waals surface area (Å²) < 4.78 is 6.56. The molecular formula is C21H29N3O5. The van der Waals surface area contributed by atoms with Crippen molar-refractivity contribution < 1.29 is 23.9 Å². The van der Waals surface area contributed by atoms with Gasteiger partial charge in [-0.3, -0.25) is 19.3 Å². The van der Waals surface area contributed by atoms with Crippen LogP contribution in [0, 0.1) is 13.8 Å². The molecule has 0 bridgehead atoms. The van der Waals surface area contributed by atoms with E-state index in [9.17, 15) is 19.2 Å². The highest BCUT2D eigenvalue weighted by Gasteiger charge is 2.55. The van der Waals surface area contributed by atoms with E-state index in [0.29, 0.717) is 24.9 Å². The van der Waals surface area contributed by atoms with Crippen molar-refractivity contribution in [3.63, 3.8) is 0 Å². The number of esters is 1. The summed E-state index contributed by atoms with van der Waals surface area (Å²) in [7, 11) is 3.00. The van der Waals surface area contributed by atoms with E-state index in [2.05, 4.69) is 4.74 Å². The molecule has 1 spiro atoms. The topological polar surface area (TPSA) is 88.9 Å². The van der Waals surface area contributed by atoms with Gasteiger partial charge in [-0.15, -0.1) is 0 Å². The van der Waals surface area contributed by atoms with Crippen LogP contribution in [0.3, 0.4) is 0 Å². The molecule has 0 unspecified atom stereocenters. The molecule has 0 aromatic carbocycles. The van der Waals surface area contributed by atoms with Crippen LogP contribution in [0.5, 0.6) is 0 Å². The smallest absolute Gasteiger partial charge is 0.327 e. The molecule has 8 heteroatoms. The number of imide groups is 1. The summed E-state index contributed by atoms with van der Waals surface area (Å²) in [4.78, 5) is 52.9. The molecule has 0 N–H and O–H groups in total. The SMILES string of the molecule is COC(=O)CCn1c(C)cc(C(=O)CN2C(=O)N(C)C3(CCCCC3)C2=O)c1C. The van der Waals surface area contributed by atoms with Gasteiger partial charge in [0.15, 0.2) is 5.78 Å². The van der Waals surface area contributed by atoms with Gasteiger partial charge in [0, 0.05) is 30.5 Å². The quantitative estimate of drug-likeness (QED) is 0.414. The number of rotatable bonds is 6. The molecular weight excluding hydrogens is 374 g/mol. The Hall–Kier alpha value is -2.64. The van der Waals surface area contributed by atoms with Gasteiger partial charge in [-0.05, 0) is 32.8 Å². The molecule has 2 fully saturated rings. The molecule has 8 nitrogen and oxygen atoms in total. The third-order valence-electron chi connectivity index (χ3n) is 6.43. The van der Waals surface area contributed by atoms with Gasteiger partial charge < -0.3 is 14.2 Å². The average molecular weight is 403 g/mol. The summed E-state index contributed by atoms with van der Waals surface area (Å²) >= 11 is 0. The zero-order chi connectivity index (χ0) is 21.3. The first-order valence-corrected chi connectivity index (χ1v) is 10.1. The number of ketones is 1. The molecule has 3 rings (SSSR count). The Labute approximate surface area is 170 Å². The van der Waals surface area contributed by atoms with Crippen LogP contribution in [-0.4, -0.2) is 64.3 Å². The monoisotopic (exact) mass is 403 g/mol. The highest BCUT2D eigenvalue weighted by Crippen LogP contribution is 2.39. The number of carbonyl (C=O) groups excluding carboxylic acids is 4. The van der Waals surface area contributed by atoms with E-state index in [1.165, 1.54) is 12.0 Å². The molecule has 29 heavy (non-hydrogen) atoms. The van der Waals surface area contributed by atoms with Crippen LogP contribution in [0.15, 0.2) is 6.07 Å². The van der Waals surface area contributed by atoms with E-state index < -0.39 is 11.6 Å². The predicted octanol–water partition coefficient (Wildman–Crippen LogP) is 2.45. The predicted molar refractivity (Wildman–Crippen MR) is 106 cm³/mol. The minimum absolute atomic E-state index is 0.205. The fourth-order valence-electron chi connectivity index (χ4n) is 4.63. The molecule has 158 valence electrons. The van der Waals surface area contributed by atoms with E-state index in [1.807, 2.05) is 11.5 Å². The molecule has 1 aliphatic carbocycles.